The third kappa shape index (κ3) is 3.02. The highest BCUT2D eigenvalue weighted by Gasteiger charge is 2.31. The Hall–Kier alpha value is -1.08. The van der Waals surface area contributed by atoms with Crippen LogP contribution < -0.4 is 5.32 Å². The Labute approximate surface area is 103 Å². The number of rotatable bonds is 1. The van der Waals surface area contributed by atoms with Crippen molar-refractivity contribution in [2.75, 3.05) is 18.1 Å². The summed E-state index contributed by atoms with van der Waals surface area (Å²) in [6.45, 7) is 0.327. The summed E-state index contributed by atoms with van der Waals surface area (Å²) in [5, 5.41) is 2.99. The molecule has 0 aromatic heterocycles. The SMILES string of the molecule is O=S1(=O)CCNC(c2ccc(C(F)(F)F)cc2)C1. The molecule has 1 saturated heterocycles. The Kier molecular flexibility index (Phi) is 3.37. The zero-order valence-electron chi connectivity index (χ0n) is 9.37. The molecular weight excluding hydrogens is 267 g/mol. The molecule has 0 saturated carbocycles. The largest absolute Gasteiger partial charge is 0.416 e. The number of benzene rings is 1. The second-order valence-corrected chi connectivity index (χ2v) is 6.47. The van der Waals surface area contributed by atoms with Gasteiger partial charge in [0.2, 0.25) is 0 Å². The lowest BCUT2D eigenvalue weighted by Crippen LogP contribution is -2.39. The van der Waals surface area contributed by atoms with Gasteiger partial charge in [-0.15, -0.1) is 0 Å². The summed E-state index contributed by atoms with van der Waals surface area (Å²) < 4.78 is 60.0. The van der Waals surface area contributed by atoms with E-state index in [1.54, 1.807) is 0 Å². The lowest BCUT2D eigenvalue weighted by Gasteiger charge is -2.24. The maximum absolute atomic E-state index is 12.4. The van der Waals surface area contributed by atoms with Gasteiger partial charge in [0, 0.05) is 12.6 Å². The fourth-order valence-corrected chi connectivity index (χ4v) is 3.32. The van der Waals surface area contributed by atoms with Crippen LogP contribution in [0.4, 0.5) is 13.2 Å². The second kappa shape index (κ2) is 4.55. The molecule has 2 rings (SSSR count). The van der Waals surface area contributed by atoms with Crippen molar-refractivity contribution in [2.45, 2.75) is 12.2 Å². The van der Waals surface area contributed by atoms with Gasteiger partial charge in [-0.2, -0.15) is 13.2 Å². The Morgan fingerprint density at radius 2 is 1.78 bits per heavy atom. The van der Waals surface area contributed by atoms with Crippen LogP contribution in [0.2, 0.25) is 0 Å². The summed E-state index contributed by atoms with van der Waals surface area (Å²) in [7, 11) is -3.10. The van der Waals surface area contributed by atoms with E-state index in [0.717, 1.165) is 12.1 Å². The molecule has 3 nitrogen and oxygen atoms in total. The zero-order valence-corrected chi connectivity index (χ0v) is 10.2. The van der Waals surface area contributed by atoms with Crippen LogP contribution >= 0.6 is 0 Å². The van der Waals surface area contributed by atoms with Crippen LogP contribution in [0.3, 0.4) is 0 Å². The van der Waals surface area contributed by atoms with Gasteiger partial charge in [0.05, 0.1) is 17.1 Å². The van der Waals surface area contributed by atoms with Crippen molar-refractivity contribution in [2.24, 2.45) is 0 Å². The second-order valence-electron chi connectivity index (χ2n) is 4.24. The van der Waals surface area contributed by atoms with Gasteiger partial charge in [0.1, 0.15) is 0 Å². The van der Waals surface area contributed by atoms with Crippen LogP contribution in [-0.2, 0) is 16.0 Å². The number of alkyl halides is 3. The van der Waals surface area contributed by atoms with Crippen molar-refractivity contribution in [3.05, 3.63) is 35.4 Å². The minimum Gasteiger partial charge on any atom is -0.308 e. The monoisotopic (exact) mass is 279 g/mol. The molecule has 100 valence electrons. The maximum atomic E-state index is 12.4. The van der Waals surface area contributed by atoms with Crippen molar-refractivity contribution in [1.29, 1.82) is 0 Å². The maximum Gasteiger partial charge on any atom is 0.416 e. The molecule has 1 aromatic carbocycles. The highest BCUT2D eigenvalue weighted by Crippen LogP contribution is 2.30. The van der Waals surface area contributed by atoms with Crippen molar-refractivity contribution in [3.8, 4) is 0 Å². The van der Waals surface area contributed by atoms with E-state index in [1.807, 2.05) is 0 Å². The van der Waals surface area contributed by atoms with E-state index in [-0.39, 0.29) is 11.5 Å². The van der Waals surface area contributed by atoms with E-state index in [0.29, 0.717) is 12.1 Å². The Morgan fingerprint density at radius 1 is 1.17 bits per heavy atom. The van der Waals surface area contributed by atoms with Crippen LogP contribution in [0.5, 0.6) is 0 Å². The molecule has 7 heteroatoms. The van der Waals surface area contributed by atoms with E-state index >= 15 is 0 Å². The predicted octanol–water partition coefficient (Wildman–Crippen LogP) is 1.76. The number of hydrogen-bond donors (Lipinski definition) is 1. The molecule has 1 unspecified atom stereocenters. The van der Waals surface area contributed by atoms with Gasteiger partial charge in [-0.3, -0.25) is 0 Å². The topological polar surface area (TPSA) is 46.2 Å². The third-order valence-electron chi connectivity index (χ3n) is 2.86. The summed E-state index contributed by atoms with van der Waals surface area (Å²) in [6, 6.07) is 4.16. The Balaban J connectivity index is 2.20. The standard InChI is InChI=1S/C11H12F3NO2S/c12-11(13,14)9-3-1-8(2-4-9)10-7-18(16,17)6-5-15-10/h1-4,10,15H,5-7H2. The summed E-state index contributed by atoms with van der Waals surface area (Å²) in [4.78, 5) is 0. The van der Waals surface area contributed by atoms with Crippen LogP contribution in [0, 0.1) is 0 Å². The van der Waals surface area contributed by atoms with Crippen LogP contribution in [-0.4, -0.2) is 26.5 Å². The van der Waals surface area contributed by atoms with Crippen molar-refractivity contribution in [3.63, 3.8) is 0 Å². The van der Waals surface area contributed by atoms with Gasteiger partial charge in [0.25, 0.3) is 0 Å². The Morgan fingerprint density at radius 3 is 2.28 bits per heavy atom. The molecule has 0 aliphatic carbocycles. The number of halogens is 3. The molecule has 1 N–H and O–H groups in total. The summed E-state index contributed by atoms with van der Waals surface area (Å²) in [5.41, 5.74) is -0.170. The Bertz CT molecular complexity index is 522. The van der Waals surface area contributed by atoms with Crippen LogP contribution in [0.15, 0.2) is 24.3 Å². The quantitative estimate of drug-likeness (QED) is 0.852. The molecule has 1 heterocycles. The first-order chi connectivity index (χ1) is 8.28. The molecule has 0 radical (unpaired) electrons. The third-order valence-corrected chi connectivity index (χ3v) is 4.53. The van der Waals surface area contributed by atoms with Crippen LogP contribution in [0.25, 0.3) is 0 Å². The normalized spacial score (nSPS) is 23.8. The van der Waals surface area contributed by atoms with Gasteiger partial charge in [-0.1, -0.05) is 12.1 Å². The van der Waals surface area contributed by atoms with Gasteiger partial charge < -0.3 is 5.32 Å². The highest BCUT2D eigenvalue weighted by atomic mass is 32.2. The van der Waals surface area contributed by atoms with Gasteiger partial charge in [-0.05, 0) is 17.7 Å². The summed E-state index contributed by atoms with van der Waals surface area (Å²) in [5.74, 6) is 0.00248. The number of sulfone groups is 1. The van der Waals surface area contributed by atoms with E-state index in [1.165, 1.54) is 12.1 Å². The van der Waals surface area contributed by atoms with Gasteiger partial charge in [-0.25, -0.2) is 8.42 Å². The summed E-state index contributed by atoms with van der Waals surface area (Å²) >= 11 is 0. The van der Waals surface area contributed by atoms with Crippen LogP contribution in [0.1, 0.15) is 17.2 Å². The minimum absolute atomic E-state index is 0.0711. The van der Waals surface area contributed by atoms with Crippen molar-refractivity contribution in [1.82, 2.24) is 5.32 Å². The average molecular weight is 279 g/mol. The molecule has 18 heavy (non-hydrogen) atoms. The van der Waals surface area contributed by atoms with Gasteiger partial charge >= 0.3 is 6.18 Å². The number of nitrogens with one attached hydrogen (secondary N) is 1. The molecular formula is C11H12F3NO2S. The van der Waals surface area contributed by atoms with Crippen molar-refractivity contribution >= 4 is 9.84 Å². The molecule has 1 atom stereocenters. The minimum atomic E-state index is -4.37. The zero-order chi connectivity index (χ0) is 13.4. The van der Waals surface area contributed by atoms with E-state index in [9.17, 15) is 21.6 Å². The van der Waals surface area contributed by atoms with E-state index in [4.69, 9.17) is 0 Å². The van der Waals surface area contributed by atoms with E-state index < -0.39 is 27.6 Å². The van der Waals surface area contributed by atoms with Crippen molar-refractivity contribution < 1.29 is 21.6 Å². The molecule has 1 aliphatic heterocycles. The fraction of sp³-hybridized carbons (Fsp3) is 0.455. The highest BCUT2D eigenvalue weighted by molar-refractivity contribution is 7.91. The molecule has 0 bridgehead atoms. The van der Waals surface area contributed by atoms with E-state index in [2.05, 4.69) is 5.32 Å². The number of hydrogen-bond acceptors (Lipinski definition) is 3. The first kappa shape index (κ1) is 13.4. The molecule has 0 amide bonds. The fourth-order valence-electron chi connectivity index (χ4n) is 1.90. The lowest BCUT2D eigenvalue weighted by atomic mass is 10.1. The lowest BCUT2D eigenvalue weighted by molar-refractivity contribution is -0.137. The molecule has 1 fully saturated rings. The average Bonchev–Trinajstić information content (AvgIpc) is 2.27. The van der Waals surface area contributed by atoms with Gasteiger partial charge in [0.15, 0.2) is 9.84 Å². The first-order valence-electron chi connectivity index (χ1n) is 5.39. The molecule has 1 aromatic rings. The summed E-state index contributed by atoms with van der Waals surface area (Å²) in [6.07, 6.45) is -4.37. The predicted molar refractivity (Wildman–Crippen MR) is 60.8 cm³/mol. The molecule has 0 spiro atoms. The smallest absolute Gasteiger partial charge is 0.308 e. The first-order valence-corrected chi connectivity index (χ1v) is 7.21. The molecule has 1 aliphatic rings.